The molecule has 0 radical (unpaired) electrons. The van der Waals surface area contributed by atoms with Gasteiger partial charge in [-0.15, -0.1) is 0 Å². The highest BCUT2D eigenvalue weighted by molar-refractivity contribution is 5.95. The van der Waals surface area contributed by atoms with Gasteiger partial charge in [0, 0.05) is 18.2 Å². The SMILES string of the molecule is Cc1cc(O)ccc1C(=O)NCC(C)N. The van der Waals surface area contributed by atoms with Gasteiger partial charge in [-0.3, -0.25) is 4.79 Å². The first-order valence-corrected chi connectivity index (χ1v) is 4.84. The van der Waals surface area contributed by atoms with Crippen LogP contribution in [0.3, 0.4) is 0 Å². The fourth-order valence-electron chi connectivity index (χ4n) is 1.25. The Balaban J connectivity index is 2.74. The number of nitrogens with one attached hydrogen (secondary N) is 1. The summed E-state index contributed by atoms with van der Waals surface area (Å²) in [5.41, 5.74) is 6.84. The van der Waals surface area contributed by atoms with E-state index in [9.17, 15) is 9.90 Å². The summed E-state index contributed by atoms with van der Waals surface area (Å²) in [6.07, 6.45) is 0. The molecule has 1 rings (SSSR count). The van der Waals surface area contributed by atoms with Crippen molar-refractivity contribution in [3.05, 3.63) is 29.3 Å². The van der Waals surface area contributed by atoms with Crippen molar-refractivity contribution >= 4 is 5.91 Å². The van der Waals surface area contributed by atoms with Crippen molar-refractivity contribution in [2.24, 2.45) is 5.73 Å². The molecule has 4 nitrogen and oxygen atoms in total. The van der Waals surface area contributed by atoms with Gasteiger partial charge >= 0.3 is 0 Å². The van der Waals surface area contributed by atoms with Gasteiger partial charge < -0.3 is 16.2 Å². The van der Waals surface area contributed by atoms with Gasteiger partial charge in [0.2, 0.25) is 0 Å². The molecule has 82 valence electrons. The maximum atomic E-state index is 11.6. The molecule has 4 heteroatoms. The molecule has 4 N–H and O–H groups in total. The molecular weight excluding hydrogens is 192 g/mol. The van der Waals surface area contributed by atoms with Crippen molar-refractivity contribution in [3.8, 4) is 5.75 Å². The van der Waals surface area contributed by atoms with Gasteiger partial charge in [-0.1, -0.05) is 0 Å². The first-order valence-electron chi connectivity index (χ1n) is 4.84. The number of rotatable bonds is 3. The largest absolute Gasteiger partial charge is 0.508 e. The number of phenolic OH excluding ortho intramolecular Hbond substituents is 1. The van der Waals surface area contributed by atoms with Gasteiger partial charge in [-0.25, -0.2) is 0 Å². The smallest absolute Gasteiger partial charge is 0.251 e. The molecule has 0 aliphatic carbocycles. The van der Waals surface area contributed by atoms with E-state index in [1.54, 1.807) is 19.1 Å². The second-order valence-electron chi connectivity index (χ2n) is 3.69. The zero-order valence-electron chi connectivity index (χ0n) is 8.95. The zero-order chi connectivity index (χ0) is 11.4. The third-order valence-electron chi connectivity index (χ3n) is 2.04. The van der Waals surface area contributed by atoms with Crippen LogP contribution in [0.1, 0.15) is 22.8 Å². The first-order chi connectivity index (χ1) is 7.00. The van der Waals surface area contributed by atoms with Crippen LogP contribution in [0, 0.1) is 6.92 Å². The van der Waals surface area contributed by atoms with E-state index in [4.69, 9.17) is 5.73 Å². The topological polar surface area (TPSA) is 75.3 Å². The summed E-state index contributed by atoms with van der Waals surface area (Å²) in [4.78, 5) is 11.6. The number of hydrogen-bond acceptors (Lipinski definition) is 3. The lowest BCUT2D eigenvalue weighted by molar-refractivity contribution is 0.0951. The van der Waals surface area contributed by atoms with Gasteiger partial charge in [-0.2, -0.15) is 0 Å². The molecule has 0 saturated heterocycles. The van der Waals surface area contributed by atoms with E-state index in [-0.39, 0.29) is 17.7 Å². The van der Waals surface area contributed by atoms with Crippen LogP contribution >= 0.6 is 0 Å². The number of carbonyl (C=O) groups excluding carboxylic acids is 1. The lowest BCUT2D eigenvalue weighted by atomic mass is 10.1. The minimum absolute atomic E-state index is 0.0635. The monoisotopic (exact) mass is 208 g/mol. The van der Waals surface area contributed by atoms with E-state index in [1.165, 1.54) is 6.07 Å². The molecule has 0 fully saturated rings. The number of carbonyl (C=O) groups is 1. The molecule has 1 unspecified atom stereocenters. The van der Waals surface area contributed by atoms with Crippen LogP contribution in [0.4, 0.5) is 0 Å². The summed E-state index contributed by atoms with van der Waals surface area (Å²) in [6, 6.07) is 4.59. The molecular formula is C11H16N2O2. The average molecular weight is 208 g/mol. The highest BCUT2D eigenvalue weighted by Gasteiger charge is 2.09. The molecule has 1 aromatic rings. The number of benzene rings is 1. The van der Waals surface area contributed by atoms with E-state index < -0.39 is 0 Å². The van der Waals surface area contributed by atoms with E-state index in [0.29, 0.717) is 12.1 Å². The summed E-state index contributed by atoms with van der Waals surface area (Å²) < 4.78 is 0. The Morgan fingerprint density at radius 3 is 2.80 bits per heavy atom. The third-order valence-corrected chi connectivity index (χ3v) is 2.04. The van der Waals surface area contributed by atoms with Crippen molar-refractivity contribution in [1.29, 1.82) is 0 Å². The molecule has 15 heavy (non-hydrogen) atoms. The van der Waals surface area contributed by atoms with Crippen molar-refractivity contribution in [1.82, 2.24) is 5.32 Å². The predicted octanol–water partition coefficient (Wildman–Crippen LogP) is 0.778. The Bertz CT molecular complexity index is 362. The van der Waals surface area contributed by atoms with Crippen LogP contribution < -0.4 is 11.1 Å². The first kappa shape index (κ1) is 11.5. The maximum absolute atomic E-state index is 11.6. The van der Waals surface area contributed by atoms with Crippen molar-refractivity contribution in [2.45, 2.75) is 19.9 Å². The summed E-state index contributed by atoms with van der Waals surface area (Å²) in [5, 5.41) is 11.9. The molecule has 0 spiro atoms. The Kier molecular flexibility index (Phi) is 3.68. The minimum atomic E-state index is -0.162. The van der Waals surface area contributed by atoms with Crippen LogP contribution in [-0.2, 0) is 0 Å². The fraction of sp³-hybridized carbons (Fsp3) is 0.364. The van der Waals surface area contributed by atoms with E-state index >= 15 is 0 Å². The summed E-state index contributed by atoms with van der Waals surface area (Å²) in [6.45, 7) is 4.05. The standard InChI is InChI=1S/C11H16N2O2/c1-7-5-9(14)3-4-10(7)11(15)13-6-8(2)12/h3-5,8,14H,6,12H2,1-2H3,(H,13,15). The predicted molar refractivity (Wildman–Crippen MR) is 58.8 cm³/mol. The molecule has 0 aromatic heterocycles. The van der Waals surface area contributed by atoms with E-state index in [2.05, 4.69) is 5.32 Å². The van der Waals surface area contributed by atoms with Crippen molar-refractivity contribution < 1.29 is 9.90 Å². The molecule has 1 atom stereocenters. The second kappa shape index (κ2) is 4.79. The number of hydrogen-bond donors (Lipinski definition) is 3. The van der Waals surface area contributed by atoms with Crippen LogP contribution in [0.15, 0.2) is 18.2 Å². The molecule has 0 bridgehead atoms. The number of amides is 1. The van der Waals surface area contributed by atoms with Crippen LogP contribution in [-0.4, -0.2) is 23.6 Å². The fourth-order valence-corrected chi connectivity index (χ4v) is 1.25. The number of nitrogens with two attached hydrogens (primary N) is 1. The van der Waals surface area contributed by atoms with Crippen LogP contribution in [0.2, 0.25) is 0 Å². The van der Waals surface area contributed by atoms with Gasteiger partial charge in [0.05, 0.1) is 0 Å². The van der Waals surface area contributed by atoms with Crippen molar-refractivity contribution in [2.75, 3.05) is 6.54 Å². The molecule has 0 aliphatic rings. The molecule has 0 saturated carbocycles. The number of aryl methyl sites for hydroxylation is 1. The summed E-state index contributed by atoms with van der Waals surface area (Å²) >= 11 is 0. The number of aromatic hydroxyl groups is 1. The highest BCUT2D eigenvalue weighted by atomic mass is 16.3. The Morgan fingerprint density at radius 2 is 2.27 bits per heavy atom. The van der Waals surface area contributed by atoms with Gasteiger partial charge in [0.25, 0.3) is 5.91 Å². The lowest BCUT2D eigenvalue weighted by Crippen LogP contribution is -2.35. The Labute approximate surface area is 89.1 Å². The molecule has 1 amide bonds. The van der Waals surface area contributed by atoms with Gasteiger partial charge in [-0.05, 0) is 37.6 Å². The highest BCUT2D eigenvalue weighted by Crippen LogP contribution is 2.15. The molecule has 0 aliphatic heterocycles. The molecule has 1 aromatic carbocycles. The second-order valence-corrected chi connectivity index (χ2v) is 3.69. The summed E-state index contributed by atoms with van der Waals surface area (Å²) in [5.74, 6) is 0.000966. The van der Waals surface area contributed by atoms with E-state index in [1.807, 2.05) is 6.92 Å². The average Bonchev–Trinajstić information content (AvgIpc) is 2.14. The van der Waals surface area contributed by atoms with Crippen LogP contribution in [0.25, 0.3) is 0 Å². The zero-order valence-corrected chi connectivity index (χ0v) is 8.95. The Morgan fingerprint density at radius 1 is 1.60 bits per heavy atom. The minimum Gasteiger partial charge on any atom is -0.508 e. The quantitative estimate of drug-likeness (QED) is 0.687. The lowest BCUT2D eigenvalue weighted by Gasteiger charge is -2.09. The summed E-state index contributed by atoms with van der Waals surface area (Å²) in [7, 11) is 0. The Hall–Kier alpha value is -1.55. The maximum Gasteiger partial charge on any atom is 0.251 e. The van der Waals surface area contributed by atoms with Crippen molar-refractivity contribution in [3.63, 3.8) is 0 Å². The molecule has 0 heterocycles. The van der Waals surface area contributed by atoms with Gasteiger partial charge in [0.15, 0.2) is 0 Å². The normalized spacial score (nSPS) is 12.2. The third kappa shape index (κ3) is 3.25. The van der Waals surface area contributed by atoms with Crippen LogP contribution in [0.5, 0.6) is 5.75 Å². The van der Waals surface area contributed by atoms with E-state index in [0.717, 1.165) is 5.56 Å². The van der Waals surface area contributed by atoms with Gasteiger partial charge in [0.1, 0.15) is 5.75 Å². The number of phenols is 1.